The smallest absolute Gasteiger partial charge is 0.345 e. The minimum absolute atomic E-state index is 0.0203. The highest BCUT2D eigenvalue weighted by atomic mass is 32.2. The Bertz CT molecular complexity index is 1690. The summed E-state index contributed by atoms with van der Waals surface area (Å²) in [6.07, 6.45) is 0. The molecule has 0 amide bonds. The Hall–Kier alpha value is -3.80. The summed E-state index contributed by atoms with van der Waals surface area (Å²) in [4.78, 5) is 12.7. The fourth-order valence-electron chi connectivity index (χ4n) is 3.29. The van der Waals surface area contributed by atoms with Gasteiger partial charge in [0.05, 0.1) is 32.5 Å². The molecule has 0 radical (unpaired) electrons. The Morgan fingerprint density at radius 1 is 0.914 bits per heavy atom. The van der Waals surface area contributed by atoms with E-state index in [0.717, 1.165) is 5.56 Å². The lowest BCUT2D eigenvalue weighted by Gasteiger charge is -2.10. The number of sulfone groups is 1. The Morgan fingerprint density at radius 3 is 2.20 bits per heavy atom. The molecule has 0 saturated carbocycles. The van der Waals surface area contributed by atoms with Gasteiger partial charge in [-0.05, 0) is 55.5 Å². The third-order valence-electron chi connectivity index (χ3n) is 5.16. The SMILES string of the molecule is Cc1ccc(S(=O)(=O)C/C(=N\Nc2ccc(S(N)(=O)=O)cc2)c2cc3ccccc3oc2=O)cc1. The molecule has 1 heterocycles. The molecule has 0 aliphatic rings. The van der Waals surface area contributed by atoms with Crippen LogP contribution in [0.1, 0.15) is 11.1 Å². The summed E-state index contributed by atoms with van der Waals surface area (Å²) in [7, 11) is -7.75. The second-order valence-electron chi connectivity index (χ2n) is 7.80. The van der Waals surface area contributed by atoms with Gasteiger partial charge in [-0.2, -0.15) is 5.10 Å². The van der Waals surface area contributed by atoms with Crippen LogP contribution < -0.4 is 16.2 Å². The van der Waals surface area contributed by atoms with Gasteiger partial charge in [-0.1, -0.05) is 35.9 Å². The zero-order valence-corrected chi connectivity index (χ0v) is 20.1. The van der Waals surface area contributed by atoms with E-state index in [-0.39, 0.29) is 21.1 Å². The fourth-order valence-corrected chi connectivity index (χ4v) is 5.11. The molecular formula is C24H21N3O6S2. The monoisotopic (exact) mass is 511 g/mol. The van der Waals surface area contributed by atoms with Crippen molar-refractivity contribution in [3.05, 3.63) is 100 Å². The largest absolute Gasteiger partial charge is 0.422 e. The van der Waals surface area contributed by atoms with E-state index in [2.05, 4.69) is 10.5 Å². The van der Waals surface area contributed by atoms with Gasteiger partial charge < -0.3 is 4.42 Å². The summed E-state index contributed by atoms with van der Waals surface area (Å²) >= 11 is 0. The minimum atomic E-state index is -3.87. The summed E-state index contributed by atoms with van der Waals surface area (Å²) in [5.41, 5.74) is 3.47. The maximum atomic E-state index is 13.1. The van der Waals surface area contributed by atoms with Crippen LogP contribution in [-0.2, 0) is 19.9 Å². The first-order valence-electron chi connectivity index (χ1n) is 10.3. The summed E-state index contributed by atoms with van der Waals surface area (Å²) < 4.78 is 54.6. The van der Waals surface area contributed by atoms with Crippen molar-refractivity contribution in [3.8, 4) is 0 Å². The molecule has 4 aromatic rings. The van der Waals surface area contributed by atoms with Gasteiger partial charge in [0.1, 0.15) is 5.58 Å². The highest BCUT2D eigenvalue weighted by molar-refractivity contribution is 7.92. The van der Waals surface area contributed by atoms with Crippen LogP contribution in [0.25, 0.3) is 11.0 Å². The normalized spacial score (nSPS) is 12.6. The zero-order chi connectivity index (χ0) is 25.2. The lowest BCUT2D eigenvalue weighted by molar-refractivity contribution is 0.559. The molecule has 3 aromatic carbocycles. The van der Waals surface area contributed by atoms with Gasteiger partial charge in [0.2, 0.25) is 10.0 Å². The number of aryl methyl sites for hydroxylation is 1. The molecule has 0 atom stereocenters. The van der Waals surface area contributed by atoms with E-state index in [4.69, 9.17) is 9.56 Å². The zero-order valence-electron chi connectivity index (χ0n) is 18.5. The third kappa shape index (κ3) is 5.65. The van der Waals surface area contributed by atoms with Crippen LogP contribution in [0, 0.1) is 6.92 Å². The highest BCUT2D eigenvalue weighted by Gasteiger charge is 2.22. The molecule has 1 aromatic heterocycles. The van der Waals surface area contributed by atoms with E-state index < -0.39 is 31.2 Å². The topological polar surface area (TPSA) is 149 Å². The van der Waals surface area contributed by atoms with Gasteiger partial charge in [-0.3, -0.25) is 5.43 Å². The first kappa shape index (κ1) is 24.3. The lowest BCUT2D eigenvalue weighted by Crippen LogP contribution is -2.24. The van der Waals surface area contributed by atoms with E-state index in [1.165, 1.54) is 42.5 Å². The summed E-state index contributed by atoms with van der Waals surface area (Å²) in [5, 5.41) is 9.91. The van der Waals surface area contributed by atoms with Crippen molar-refractivity contribution in [1.29, 1.82) is 0 Å². The van der Waals surface area contributed by atoms with Gasteiger partial charge in [0.25, 0.3) is 0 Å². The second kappa shape index (κ2) is 9.45. The number of fused-ring (bicyclic) bond motifs is 1. The van der Waals surface area contributed by atoms with Crippen molar-refractivity contribution >= 4 is 42.2 Å². The number of hydrogen-bond donors (Lipinski definition) is 2. The molecule has 9 nitrogen and oxygen atoms in total. The van der Waals surface area contributed by atoms with E-state index >= 15 is 0 Å². The number of primary sulfonamides is 1. The van der Waals surface area contributed by atoms with E-state index in [1.54, 1.807) is 36.4 Å². The van der Waals surface area contributed by atoms with Crippen LogP contribution in [0.2, 0.25) is 0 Å². The molecule has 4 rings (SSSR count). The summed E-state index contributed by atoms with van der Waals surface area (Å²) in [5.74, 6) is -0.582. The number of benzene rings is 3. The van der Waals surface area contributed by atoms with Crippen molar-refractivity contribution < 1.29 is 21.3 Å². The lowest BCUT2D eigenvalue weighted by atomic mass is 10.1. The van der Waals surface area contributed by atoms with Crippen LogP contribution in [0.5, 0.6) is 0 Å². The average molecular weight is 512 g/mol. The number of nitrogens with zero attached hydrogens (tertiary/aromatic N) is 1. The molecule has 0 aliphatic carbocycles. The van der Waals surface area contributed by atoms with Gasteiger partial charge in [0.15, 0.2) is 9.84 Å². The summed E-state index contributed by atoms with van der Waals surface area (Å²) in [6.45, 7) is 1.84. The Kier molecular flexibility index (Phi) is 6.57. The number of nitrogens with two attached hydrogens (primary N) is 1. The average Bonchev–Trinajstić information content (AvgIpc) is 2.81. The molecule has 0 aliphatic heterocycles. The molecule has 35 heavy (non-hydrogen) atoms. The number of hydrogen-bond acceptors (Lipinski definition) is 8. The maximum absolute atomic E-state index is 13.1. The van der Waals surface area contributed by atoms with Crippen LogP contribution in [-0.4, -0.2) is 28.3 Å². The van der Waals surface area contributed by atoms with Crippen molar-refractivity contribution in [3.63, 3.8) is 0 Å². The molecule has 0 unspecified atom stereocenters. The van der Waals surface area contributed by atoms with Gasteiger partial charge >= 0.3 is 5.63 Å². The van der Waals surface area contributed by atoms with Crippen LogP contribution in [0.15, 0.2) is 103 Å². The fraction of sp³-hybridized carbons (Fsp3) is 0.0833. The molecule has 0 fully saturated rings. The van der Waals surface area contributed by atoms with E-state index in [9.17, 15) is 21.6 Å². The van der Waals surface area contributed by atoms with Crippen molar-refractivity contribution in [2.45, 2.75) is 16.7 Å². The number of hydrazone groups is 1. The number of nitrogens with one attached hydrogen (secondary N) is 1. The van der Waals surface area contributed by atoms with Gasteiger partial charge in [-0.15, -0.1) is 0 Å². The minimum Gasteiger partial charge on any atom is -0.422 e. The van der Waals surface area contributed by atoms with Crippen molar-refractivity contribution in [1.82, 2.24) is 0 Å². The van der Waals surface area contributed by atoms with Crippen LogP contribution >= 0.6 is 0 Å². The Morgan fingerprint density at radius 2 is 1.54 bits per heavy atom. The van der Waals surface area contributed by atoms with Crippen molar-refractivity contribution in [2.24, 2.45) is 10.2 Å². The van der Waals surface area contributed by atoms with Crippen molar-refractivity contribution in [2.75, 3.05) is 11.2 Å². The quantitative estimate of drug-likeness (QED) is 0.220. The first-order chi connectivity index (χ1) is 16.5. The molecule has 0 saturated heterocycles. The summed E-state index contributed by atoms with van der Waals surface area (Å²) in [6, 6.07) is 20.1. The van der Waals surface area contributed by atoms with Gasteiger partial charge in [-0.25, -0.2) is 26.8 Å². The maximum Gasteiger partial charge on any atom is 0.345 e. The van der Waals surface area contributed by atoms with Crippen LogP contribution in [0.4, 0.5) is 5.69 Å². The predicted molar refractivity (Wildman–Crippen MR) is 134 cm³/mol. The second-order valence-corrected chi connectivity index (χ2v) is 11.3. The highest BCUT2D eigenvalue weighted by Crippen LogP contribution is 2.18. The molecule has 11 heteroatoms. The van der Waals surface area contributed by atoms with E-state index in [0.29, 0.717) is 16.7 Å². The molecule has 3 N–H and O–H groups in total. The standard InChI is InChI=1S/C24H21N3O6S2/c1-16-6-10-19(11-7-16)34(29,30)15-22(21-14-17-4-2-3-5-23(17)33-24(21)28)27-26-18-8-12-20(13-9-18)35(25,31)32/h2-14,26H,15H2,1H3,(H2,25,31,32)/b27-22+. The number of rotatable bonds is 7. The molecular weight excluding hydrogens is 490 g/mol. The number of anilines is 1. The molecule has 0 spiro atoms. The Labute approximate surface area is 201 Å². The predicted octanol–water partition coefficient (Wildman–Crippen LogP) is 3.04. The van der Waals surface area contributed by atoms with Crippen LogP contribution in [0.3, 0.4) is 0 Å². The molecule has 0 bridgehead atoms. The Balaban J connectivity index is 1.77. The number of para-hydroxylation sites is 1. The van der Waals surface area contributed by atoms with Gasteiger partial charge in [0, 0.05) is 5.39 Å². The number of sulfonamides is 1. The first-order valence-corrected chi connectivity index (χ1v) is 13.5. The van der Waals surface area contributed by atoms with E-state index in [1.807, 2.05) is 6.92 Å². The third-order valence-corrected chi connectivity index (χ3v) is 7.74. The molecule has 180 valence electrons.